The Bertz CT molecular complexity index is 1450. The van der Waals surface area contributed by atoms with Gasteiger partial charge in [0.15, 0.2) is 0 Å². The SMILES string of the molecule is CCCCCCCOc1ccc(C(=O)Oc2ccc(CN(CC(=O)O)C(=O)c3ccc(NC(=O)CC4CCNCC4)cc3)cc2)cc1. The Morgan fingerprint density at radius 3 is 2.13 bits per heavy atom. The normalized spacial score (nSPS) is 13.0. The third-order valence-corrected chi connectivity index (χ3v) is 8.08. The molecule has 4 rings (SSSR count). The number of amides is 2. The number of unbranched alkanes of at least 4 members (excludes halogenated alkanes) is 4. The van der Waals surface area contributed by atoms with Gasteiger partial charge < -0.3 is 30.1 Å². The highest BCUT2D eigenvalue weighted by Crippen LogP contribution is 2.21. The van der Waals surface area contributed by atoms with Crippen LogP contribution < -0.4 is 20.1 Å². The number of benzene rings is 3. The Morgan fingerprint density at radius 1 is 0.830 bits per heavy atom. The van der Waals surface area contributed by atoms with Gasteiger partial charge in [-0.25, -0.2) is 4.79 Å². The van der Waals surface area contributed by atoms with Crippen LogP contribution in [0.5, 0.6) is 11.5 Å². The van der Waals surface area contributed by atoms with Crippen LogP contribution in [-0.4, -0.2) is 60.0 Å². The minimum atomic E-state index is -1.14. The summed E-state index contributed by atoms with van der Waals surface area (Å²) in [4.78, 5) is 51.2. The highest BCUT2D eigenvalue weighted by atomic mass is 16.5. The van der Waals surface area contributed by atoms with E-state index in [9.17, 15) is 24.3 Å². The summed E-state index contributed by atoms with van der Waals surface area (Å²) >= 11 is 0. The van der Waals surface area contributed by atoms with E-state index in [4.69, 9.17) is 9.47 Å². The predicted octanol–water partition coefficient (Wildman–Crippen LogP) is 6.31. The van der Waals surface area contributed by atoms with Gasteiger partial charge in [-0.15, -0.1) is 0 Å². The first-order valence-corrected chi connectivity index (χ1v) is 16.5. The molecule has 0 spiro atoms. The number of carbonyl (C=O) groups excluding carboxylic acids is 3. The Labute approximate surface area is 276 Å². The summed E-state index contributed by atoms with van der Waals surface area (Å²) in [6.07, 6.45) is 8.17. The fourth-order valence-electron chi connectivity index (χ4n) is 5.43. The van der Waals surface area contributed by atoms with Crippen LogP contribution in [0.4, 0.5) is 5.69 Å². The molecule has 0 atom stereocenters. The number of ether oxygens (including phenoxy) is 2. The molecule has 0 aliphatic carbocycles. The smallest absolute Gasteiger partial charge is 0.343 e. The van der Waals surface area contributed by atoms with E-state index in [-0.39, 0.29) is 12.5 Å². The summed E-state index contributed by atoms with van der Waals surface area (Å²) < 4.78 is 11.3. The molecule has 47 heavy (non-hydrogen) atoms. The maximum Gasteiger partial charge on any atom is 0.343 e. The van der Waals surface area contributed by atoms with Gasteiger partial charge in [0.05, 0.1) is 12.2 Å². The molecular formula is C37H45N3O7. The van der Waals surface area contributed by atoms with E-state index >= 15 is 0 Å². The number of hydrogen-bond donors (Lipinski definition) is 3. The Morgan fingerprint density at radius 2 is 1.47 bits per heavy atom. The zero-order valence-corrected chi connectivity index (χ0v) is 27.0. The van der Waals surface area contributed by atoms with Crippen molar-refractivity contribution in [3.8, 4) is 11.5 Å². The van der Waals surface area contributed by atoms with Gasteiger partial charge in [-0.3, -0.25) is 14.4 Å². The molecule has 0 aromatic heterocycles. The Hall–Kier alpha value is -4.70. The molecule has 1 saturated heterocycles. The number of aliphatic carboxylic acids is 1. The van der Waals surface area contributed by atoms with Gasteiger partial charge in [-0.2, -0.15) is 0 Å². The third-order valence-electron chi connectivity index (χ3n) is 8.08. The fraction of sp³-hybridized carbons (Fsp3) is 0.405. The first-order chi connectivity index (χ1) is 22.8. The maximum atomic E-state index is 13.3. The van der Waals surface area contributed by atoms with Crippen molar-refractivity contribution in [3.63, 3.8) is 0 Å². The average molecular weight is 644 g/mol. The summed E-state index contributed by atoms with van der Waals surface area (Å²) in [5.74, 6) is -0.808. The lowest BCUT2D eigenvalue weighted by molar-refractivity contribution is -0.137. The predicted molar refractivity (Wildman–Crippen MR) is 180 cm³/mol. The van der Waals surface area contributed by atoms with Gasteiger partial charge in [0.25, 0.3) is 5.91 Å². The van der Waals surface area contributed by atoms with Crippen LogP contribution >= 0.6 is 0 Å². The summed E-state index contributed by atoms with van der Waals surface area (Å²) in [6, 6.07) is 19.8. The number of carboxylic acids is 1. The molecule has 250 valence electrons. The molecule has 0 saturated carbocycles. The zero-order chi connectivity index (χ0) is 33.4. The summed E-state index contributed by atoms with van der Waals surface area (Å²) in [6.45, 7) is 4.20. The van der Waals surface area contributed by atoms with E-state index in [1.165, 1.54) is 24.2 Å². The Kier molecular flexibility index (Phi) is 13.8. The van der Waals surface area contributed by atoms with E-state index in [0.29, 0.717) is 52.8 Å². The molecular weight excluding hydrogens is 598 g/mol. The monoisotopic (exact) mass is 643 g/mol. The van der Waals surface area contributed by atoms with Crippen LogP contribution in [0.1, 0.15) is 84.6 Å². The molecule has 10 nitrogen and oxygen atoms in total. The topological polar surface area (TPSA) is 134 Å². The maximum absolute atomic E-state index is 13.3. The lowest BCUT2D eigenvalue weighted by atomic mass is 9.94. The van der Waals surface area contributed by atoms with E-state index in [1.807, 2.05) is 0 Å². The van der Waals surface area contributed by atoms with Crippen molar-refractivity contribution >= 4 is 29.4 Å². The van der Waals surface area contributed by atoms with Crippen molar-refractivity contribution in [2.24, 2.45) is 5.92 Å². The number of anilines is 1. The molecule has 10 heteroatoms. The van der Waals surface area contributed by atoms with Crippen LogP contribution in [-0.2, 0) is 16.1 Å². The highest BCUT2D eigenvalue weighted by Gasteiger charge is 2.20. The quantitative estimate of drug-likeness (QED) is 0.0885. The second-order valence-electron chi connectivity index (χ2n) is 11.9. The van der Waals surface area contributed by atoms with E-state index < -0.39 is 24.4 Å². The van der Waals surface area contributed by atoms with Crippen LogP contribution in [0.25, 0.3) is 0 Å². The first-order valence-electron chi connectivity index (χ1n) is 16.5. The molecule has 3 aromatic carbocycles. The molecule has 1 heterocycles. The number of carboxylic acid groups (broad SMARTS) is 1. The van der Waals surface area contributed by atoms with Crippen LogP contribution in [0.3, 0.4) is 0 Å². The second kappa shape index (κ2) is 18.4. The molecule has 1 aliphatic rings. The number of piperidine rings is 1. The van der Waals surface area contributed by atoms with Crippen molar-refractivity contribution in [3.05, 3.63) is 89.5 Å². The minimum Gasteiger partial charge on any atom is -0.494 e. The molecule has 3 N–H and O–H groups in total. The molecule has 0 radical (unpaired) electrons. The van der Waals surface area contributed by atoms with E-state index in [2.05, 4.69) is 17.6 Å². The largest absolute Gasteiger partial charge is 0.494 e. The van der Waals surface area contributed by atoms with Crippen molar-refractivity contribution in [1.82, 2.24) is 10.2 Å². The third kappa shape index (κ3) is 11.9. The van der Waals surface area contributed by atoms with Gasteiger partial charge >= 0.3 is 11.9 Å². The summed E-state index contributed by atoms with van der Waals surface area (Å²) in [5.41, 5.74) is 1.93. The van der Waals surface area contributed by atoms with E-state index in [1.54, 1.807) is 72.8 Å². The lowest BCUT2D eigenvalue weighted by Crippen LogP contribution is -2.35. The van der Waals surface area contributed by atoms with Gasteiger partial charge in [0, 0.05) is 24.2 Å². The molecule has 0 bridgehead atoms. The Balaban J connectivity index is 1.28. The number of nitrogens with one attached hydrogen (secondary N) is 2. The molecule has 1 fully saturated rings. The minimum absolute atomic E-state index is 0.0359. The average Bonchev–Trinajstić information content (AvgIpc) is 3.07. The van der Waals surface area contributed by atoms with Gasteiger partial charge in [0.1, 0.15) is 18.0 Å². The fourth-order valence-corrected chi connectivity index (χ4v) is 5.43. The number of nitrogens with zero attached hydrogens (tertiary/aromatic N) is 1. The van der Waals surface area contributed by atoms with Gasteiger partial charge in [-0.1, -0.05) is 44.7 Å². The van der Waals surface area contributed by atoms with Crippen molar-refractivity contribution in [2.45, 2.75) is 64.8 Å². The summed E-state index contributed by atoms with van der Waals surface area (Å²) in [5, 5.41) is 15.6. The highest BCUT2D eigenvalue weighted by molar-refractivity contribution is 5.97. The second-order valence-corrected chi connectivity index (χ2v) is 11.9. The van der Waals surface area contributed by atoms with Crippen molar-refractivity contribution in [1.29, 1.82) is 0 Å². The zero-order valence-electron chi connectivity index (χ0n) is 27.0. The van der Waals surface area contributed by atoms with Crippen LogP contribution in [0.2, 0.25) is 0 Å². The number of esters is 1. The first kappa shape index (κ1) is 35.2. The van der Waals surface area contributed by atoms with Crippen LogP contribution in [0.15, 0.2) is 72.8 Å². The van der Waals surface area contributed by atoms with E-state index in [0.717, 1.165) is 38.8 Å². The molecule has 2 amide bonds. The van der Waals surface area contributed by atoms with Gasteiger partial charge in [0.2, 0.25) is 5.91 Å². The standard InChI is InChI=1S/C37H45N3O7/c1-2-3-4-5-6-23-46-32-17-11-30(12-18-32)37(45)47-33-15-7-28(8-16-33)25-40(26-35(42)43)36(44)29-9-13-31(14-10-29)39-34(41)24-27-19-21-38-22-20-27/h7-18,27,38H,2-6,19-26H2,1H3,(H,39,41)(H,42,43). The summed E-state index contributed by atoms with van der Waals surface area (Å²) in [7, 11) is 0. The van der Waals surface area contributed by atoms with Crippen molar-refractivity contribution in [2.75, 3.05) is 31.6 Å². The van der Waals surface area contributed by atoms with Crippen molar-refractivity contribution < 1.29 is 33.8 Å². The molecule has 3 aromatic rings. The van der Waals surface area contributed by atoms with Crippen LogP contribution in [0, 0.1) is 5.92 Å². The number of carbonyl (C=O) groups is 4. The number of hydrogen-bond acceptors (Lipinski definition) is 7. The molecule has 1 aliphatic heterocycles. The van der Waals surface area contributed by atoms with Gasteiger partial charge in [-0.05, 0) is 104 Å². The lowest BCUT2D eigenvalue weighted by Gasteiger charge is -2.22. The molecule has 0 unspecified atom stereocenters. The number of rotatable bonds is 17.